The monoisotopic (exact) mass is 588 g/mol. The molecular weight excluding hydrogens is 574 g/mol. The summed E-state index contributed by atoms with van der Waals surface area (Å²) in [6, 6.07) is 8.80. The number of furan rings is 1. The van der Waals surface area contributed by atoms with E-state index in [1.165, 1.54) is 13.3 Å². The van der Waals surface area contributed by atoms with Crippen LogP contribution < -0.4 is 14.9 Å². The average molecular weight is 590 g/mol. The summed E-state index contributed by atoms with van der Waals surface area (Å²) in [6.45, 7) is 3.90. The van der Waals surface area contributed by atoms with Gasteiger partial charge in [0.05, 0.1) is 21.9 Å². The van der Waals surface area contributed by atoms with E-state index >= 15 is 0 Å². The van der Waals surface area contributed by atoms with Crippen molar-refractivity contribution < 1.29 is 18.7 Å². The number of hydrogen-bond donors (Lipinski definition) is 1. The van der Waals surface area contributed by atoms with E-state index in [1.54, 1.807) is 24.3 Å². The van der Waals surface area contributed by atoms with Crippen LogP contribution in [-0.4, -0.2) is 25.8 Å². The lowest BCUT2D eigenvalue weighted by Gasteiger charge is -2.11. The molecule has 1 aromatic heterocycles. The van der Waals surface area contributed by atoms with E-state index in [9.17, 15) is 4.79 Å². The minimum atomic E-state index is -0.464. The Morgan fingerprint density at radius 3 is 2.90 bits per heavy atom. The van der Waals surface area contributed by atoms with Crippen LogP contribution in [0.3, 0.4) is 0 Å². The quantitative estimate of drug-likeness (QED) is 0.164. The number of nitrogens with zero attached hydrogens (tertiary/aromatic N) is 1. The molecule has 1 amide bonds. The number of fused-ring (bicyclic) bond motifs is 1. The van der Waals surface area contributed by atoms with Crippen LogP contribution in [0, 0.1) is 3.57 Å². The standard InChI is InChI=1S/C20H15BrClIN2O4/c1-3-4-28-19-14(22)5-11(6-16(19)27-2)10-24-25-20(26)17-8-12-7-13(21)9-15(23)18(12)29-17/h3,5-10H,1,4H2,2H3,(H,25,26)/b24-10-. The van der Waals surface area contributed by atoms with Gasteiger partial charge in [-0.2, -0.15) is 5.10 Å². The van der Waals surface area contributed by atoms with Crippen LogP contribution in [0.2, 0.25) is 5.02 Å². The third-order valence-corrected chi connectivity index (χ3v) is 5.28. The summed E-state index contributed by atoms with van der Waals surface area (Å²) in [5, 5.41) is 5.15. The maximum Gasteiger partial charge on any atom is 0.307 e. The lowest BCUT2D eigenvalue weighted by molar-refractivity contribution is 0.0929. The van der Waals surface area contributed by atoms with Crippen molar-refractivity contribution in [2.75, 3.05) is 13.7 Å². The van der Waals surface area contributed by atoms with Crippen molar-refractivity contribution >= 4 is 73.2 Å². The molecule has 0 spiro atoms. The number of ether oxygens (including phenoxy) is 2. The molecule has 150 valence electrons. The van der Waals surface area contributed by atoms with Gasteiger partial charge in [0.2, 0.25) is 0 Å². The predicted molar refractivity (Wildman–Crippen MR) is 125 cm³/mol. The third-order valence-electron chi connectivity index (χ3n) is 3.74. The third kappa shape index (κ3) is 5.12. The number of nitrogens with one attached hydrogen (secondary N) is 1. The fraction of sp³-hybridized carbons (Fsp3) is 0.100. The second-order valence-corrected chi connectivity index (χ2v) is 8.23. The summed E-state index contributed by atoms with van der Waals surface area (Å²) in [5.41, 5.74) is 3.72. The van der Waals surface area contributed by atoms with Crippen LogP contribution in [0.5, 0.6) is 11.5 Å². The van der Waals surface area contributed by atoms with E-state index in [0.29, 0.717) is 34.3 Å². The Labute approximate surface area is 194 Å². The minimum Gasteiger partial charge on any atom is -0.493 e. The van der Waals surface area contributed by atoms with Gasteiger partial charge in [0.1, 0.15) is 12.2 Å². The second kappa shape index (κ2) is 9.64. The fourth-order valence-electron chi connectivity index (χ4n) is 2.50. The number of halogens is 3. The number of carbonyl (C=O) groups excluding carboxylic acids is 1. The zero-order valence-corrected chi connectivity index (χ0v) is 19.7. The highest BCUT2D eigenvalue weighted by molar-refractivity contribution is 14.1. The van der Waals surface area contributed by atoms with Crippen LogP contribution in [0.4, 0.5) is 0 Å². The Kier molecular flexibility index (Phi) is 7.20. The molecule has 0 saturated heterocycles. The molecule has 0 aliphatic rings. The highest BCUT2D eigenvalue weighted by atomic mass is 127. The number of methoxy groups -OCH3 is 1. The smallest absolute Gasteiger partial charge is 0.307 e. The van der Waals surface area contributed by atoms with E-state index in [1.807, 2.05) is 12.1 Å². The van der Waals surface area contributed by atoms with Crippen LogP contribution in [0.25, 0.3) is 11.0 Å². The molecule has 0 radical (unpaired) electrons. The van der Waals surface area contributed by atoms with Crippen LogP contribution >= 0.6 is 50.1 Å². The van der Waals surface area contributed by atoms with E-state index in [4.69, 9.17) is 25.5 Å². The molecule has 1 heterocycles. The summed E-state index contributed by atoms with van der Waals surface area (Å²) < 4.78 is 18.3. The molecule has 9 heteroatoms. The van der Waals surface area contributed by atoms with Gasteiger partial charge in [-0.25, -0.2) is 5.43 Å². The molecule has 0 atom stereocenters. The molecule has 2 aromatic carbocycles. The van der Waals surface area contributed by atoms with Crippen LogP contribution in [-0.2, 0) is 0 Å². The summed E-state index contributed by atoms with van der Waals surface area (Å²) in [7, 11) is 1.51. The molecule has 0 bridgehead atoms. The fourth-order valence-corrected chi connectivity index (χ4v) is 4.44. The molecule has 6 nitrogen and oxygen atoms in total. The number of amides is 1. The molecule has 0 saturated carbocycles. The van der Waals surface area contributed by atoms with E-state index in [-0.39, 0.29) is 5.76 Å². The van der Waals surface area contributed by atoms with Gasteiger partial charge in [0.25, 0.3) is 0 Å². The molecule has 3 rings (SSSR count). The molecular formula is C20H15BrClIN2O4. The average Bonchev–Trinajstić information content (AvgIpc) is 3.11. The zero-order valence-electron chi connectivity index (χ0n) is 15.2. The largest absolute Gasteiger partial charge is 0.493 e. The first-order valence-electron chi connectivity index (χ1n) is 8.26. The van der Waals surface area contributed by atoms with Crippen LogP contribution in [0.15, 0.2) is 57.0 Å². The molecule has 29 heavy (non-hydrogen) atoms. The number of hydrazone groups is 1. The Morgan fingerprint density at radius 2 is 2.17 bits per heavy atom. The van der Waals surface area contributed by atoms with Crippen molar-refractivity contribution in [1.29, 1.82) is 0 Å². The van der Waals surface area contributed by atoms with Gasteiger partial charge in [-0.3, -0.25) is 4.79 Å². The molecule has 0 aliphatic carbocycles. The topological polar surface area (TPSA) is 73.1 Å². The van der Waals surface area contributed by atoms with Crippen molar-refractivity contribution in [2.24, 2.45) is 5.10 Å². The van der Waals surface area contributed by atoms with Crippen molar-refractivity contribution in [2.45, 2.75) is 0 Å². The minimum absolute atomic E-state index is 0.164. The van der Waals surface area contributed by atoms with Crippen molar-refractivity contribution in [3.63, 3.8) is 0 Å². The maximum absolute atomic E-state index is 12.4. The zero-order chi connectivity index (χ0) is 21.0. The normalized spacial score (nSPS) is 11.0. The molecule has 3 aromatic rings. The Hall–Kier alpha value is -2.04. The Balaban J connectivity index is 1.75. The van der Waals surface area contributed by atoms with Crippen LogP contribution in [0.1, 0.15) is 16.1 Å². The highest BCUT2D eigenvalue weighted by Crippen LogP contribution is 2.36. The summed E-state index contributed by atoms with van der Waals surface area (Å²) >= 11 is 11.8. The summed E-state index contributed by atoms with van der Waals surface area (Å²) in [4.78, 5) is 12.4. The van der Waals surface area contributed by atoms with Crippen molar-refractivity contribution in [3.05, 3.63) is 67.4 Å². The van der Waals surface area contributed by atoms with Gasteiger partial charge in [-0.1, -0.05) is 40.2 Å². The summed E-state index contributed by atoms with van der Waals surface area (Å²) in [5.74, 6) is 0.563. The first-order chi connectivity index (χ1) is 13.9. The van der Waals surface area contributed by atoms with Crippen molar-refractivity contribution in [3.8, 4) is 11.5 Å². The van der Waals surface area contributed by atoms with E-state index in [2.05, 4.69) is 55.6 Å². The molecule has 0 fully saturated rings. The Bertz CT molecular complexity index is 1110. The van der Waals surface area contributed by atoms with Gasteiger partial charge < -0.3 is 13.9 Å². The predicted octanol–water partition coefficient (Wildman–Crippen LogP) is 5.79. The van der Waals surface area contributed by atoms with Crippen molar-refractivity contribution in [1.82, 2.24) is 5.43 Å². The summed E-state index contributed by atoms with van der Waals surface area (Å²) in [6.07, 6.45) is 3.06. The molecule has 0 unspecified atom stereocenters. The van der Waals surface area contributed by atoms with Gasteiger partial charge in [0, 0.05) is 9.86 Å². The molecule has 0 aliphatic heterocycles. The van der Waals surface area contributed by atoms with E-state index in [0.717, 1.165) is 13.4 Å². The van der Waals surface area contributed by atoms with Gasteiger partial charge in [-0.15, -0.1) is 0 Å². The number of benzene rings is 2. The molecule has 1 N–H and O–H groups in total. The first kappa shape index (κ1) is 21.7. The SMILES string of the molecule is C=CCOc1c(Cl)cc(/C=N\NC(=O)c2cc3cc(Br)cc(I)c3o2)cc1OC. The lowest BCUT2D eigenvalue weighted by Crippen LogP contribution is -2.16. The number of rotatable bonds is 7. The first-order valence-corrected chi connectivity index (χ1v) is 10.5. The Morgan fingerprint density at radius 1 is 1.38 bits per heavy atom. The van der Waals surface area contributed by atoms with Gasteiger partial charge in [0.15, 0.2) is 17.3 Å². The van der Waals surface area contributed by atoms with Gasteiger partial charge >= 0.3 is 5.91 Å². The number of hydrogen-bond acceptors (Lipinski definition) is 5. The highest BCUT2D eigenvalue weighted by Gasteiger charge is 2.14. The lowest BCUT2D eigenvalue weighted by atomic mass is 10.2. The van der Waals surface area contributed by atoms with Gasteiger partial charge in [-0.05, 0) is 58.5 Å². The van der Waals surface area contributed by atoms with E-state index < -0.39 is 5.91 Å². The second-order valence-electron chi connectivity index (χ2n) is 5.75. The maximum atomic E-state index is 12.4. The number of carbonyl (C=O) groups is 1.